The van der Waals surface area contributed by atoms with Crippen molar-refractivity contribution < 1.29 is 14.6 Å². The smallest absolute Gasteiger partial charge is 0.317 e. The van der Waals surface area contributed by atoms with E-state index in [9.17, 15) is 9.90 Å². The topological polar surface area (TPSA) is 74.7 Å². The Kier molecular flexibility index (Phi) is 6.74. The number of rotatable bonds is 6. The summed E-state index contributed by atoms with van der Waals surface area (Å²) in [7, 11) is 1.70. The van der Waals surface area contributed by atoms with Gasteiger partial charge in [-0.2, -0.15) is 0 Å². The highest BCUT2D eigenvalue weighted by atomic mass is 16.5. The Hall–Kier alpha value is -2.76. The van der Waals surface area contributed by atoms with Gasteiger partial charge in [-0.05, 0) is 49.3 Å². The number of phenolic OH excluding ortho intramolecular Hbond substituents is 1. The van der Waals surface area contributed by atoms with Crippen molar-refractivity contribution in [3.05, 3.63) is 53.7 Å². The normalized spacial score (nSPS) is 19.1. The maximum atomic E-state index is 12.4. The molecule has 1 aliphatic rings. The van der Waals surface area contributed by atoms with Gasteiger partial charge in [0, 0.05) is 31.4 Å². The van der Waals surface area contributed by atoms with Gasteiger partial charge in [0.25, 0.3) is 0 Å². The molecule has 0 bridgehead atoms. The highest BCUT2D eigenvalue weighted by Gasteiger charge is 2.20. The van der Waals surface area contributed by atoms with E-state index in [1.54, 1.807) is 31.4 Å². The van der Waals surface area contributed by atoms with Crippen molar-refractivity contribution in [1.29, 1.82) is 0 Å². The van der Waals surface area contributed by atoms with Gasteiger partial charge in [-0.3, -0.25) is 0 Å². The molecule has 6 nitrogen and oxygen atoms in total. The summed E-state index contributed by atoms with van der Waals surface area (Å²) in [6.07, 6.45) is 6.49. The number of benzene rings is 1. The predicted octanol–water partition coefficient (Wildman–Crippen LogP) is 4.09. The number of aromatic nitrogens is 1. The van der Waals surface area contributed by atoms with Crippen LogP contribution in [-0.4, -0.2) is 34.2 Å². The van der Waals surface area contributed by atoms with Crippen LogP contribution >= 0.6 is 0 Å². The van der Waals surface area contributed by atoms with E-state index in [1.807, 2.05) is 18.2 Å². The lowest BCUT2D eigenvalue weighted by molar-refractivity contribution is 0.130. The number of ether oxygens (including phenoxy) is 1. The molecule has 6 heteroatoms. The van der Waals surface area contributed by atoms with Crippen LogP contribution in [0, 0.1) is 5.92 Å². The summed E-state index contributed by atoms with van der Waals surface area (Å²) in [5.41, 5.74) is 1.65. The van der Waals surface area contributed by atoms with E-state index >= 15 is 0 Å². The highest BCUT2D eigenvalue weighted by molar-refractivity contribution is 5.73. The molecule has 1 aliphatic carbocycles. The summed E-state index contributed by atoms with van der Waals surface area (Å²) in [5.74, 6) is 1.59. The van der Waals surface area contributed by atoms with Crippen molar-refractivity contribution in [2.45, 2.75) is 51.8 Å². The lowest BCUT2D eigenvalue weighted by atomic mass is 9.89. The summed E-state index contributed by atoms with van der Waals surface area (Å²) in [6.45, 7) is 3.02. The van der Waals surface area contributed by atoms with E-state index in [2.05, 4.69) is 17.2 Å². The lowest BCUT2D eigenvalue weighted by Crippen LogP contribution is -2.36. The second kappa shape index (κ2) is 9.44. The second-order valence-corrected chi connectivity index (χ2v) is 7.65. The van der Waals surface area contributed by atoms with Crippen LogP contribution < -0.4 is 10.1 Å². The average Bonchev–Trinajstić information content (AvgIpc) is 2.70. The number of pyridine rings is 1. The molecule has 1 aromatic heterocycles. The third-order valence-electron chi connectivity index (χ3n) is 5.24. The molecule has 2 amide bonds. The van der Waals surface area contributed by atoms with Crippen molar-refractivity contribution in [2.75, 3.05) is 7.05 Å². The van der Waals surface area contributed by atoms with E-state index in [1.165, 1.54) is 17.7 Å². The standard InChI is InChI=1S/C22H29N3O3/c1-16-7-9-19(10-8-16)28-21-13-17(11-12-23-21)14-24-22(27)25(2)15-18-5-3-4-6-20(18)26/h3-6,11-13,16,19,26H,7-10,14-15H2,1-2H3,(H,24,27). The molecule has 1 aromatic carbocycles. The Morgan fingerprint density at radius 3 is 2.75 bits per heavy atom. The number of carbonyl (C=O) groups is 1. The van der Waals surface area contributed by atoms with E-state index in [4.69, 9.17) is 4.74 Å². The zero-order valence-electron chi connectivity index (χ0n) is 16.6. The molecule has 150 valence electrons. The van der Waals surface area contributed by atoms with Crippen LogP contribution in [-0.2, 0) is 13.1 Å². The van der Waals surface area contributed by atoms with Gasteiger partial charge in [0.1, 0.15) is 11.9 Å². The third kappa shape index (κ3) is 5.62. The first kappa shape index (κ1) is 20.0. The quantitative estimate of drug-likeness (QED) is 0.788. The zero-order valence-corrected chi connectivity index (χ0v) is 16.6. The van der Waals surface area contributed by atoms with Gasteiger partial charge in [0.05, 0.1) is 6.54 Å². The lowest BCUT2D eigenvalue weighted by Gasteiger charge is -2.26. The summed E-state index contributed by atoms with van der Waals surface area (Å²) >= 11 is 0. The van der Waals surface area contributed by atoms with Crippen molar-refractivity contribution in [2.24, 2.45) is 5.92 Å². The molecule has 0 radical (unpaired) electrons. The summed E-state index contributed by atoms with van der Waals surface area (Å²) in [5, 5.41) is 12.7. The highest BCUT2D eigenvalue weighted by Crippen LogP contribution is 2.26. The van der Waals surface area contributed by atoms with Crippen molar-refractivity contribution in [3.8, 4) is 11.6 Å². The fourth-order valence-corrected chi connectivity index (χ4v) is 3.43. The number of aromatic hydroxyl groups is 1. The molecule has 1 heterocycles. The molecule has 1 fully saturated rings. The van der Waals surface area contributed by atoms with Gasteiger partial charge in [-0.15, -0.1) is 0 Å². The fourth-order valence-electron chi connectivity index (χ4n) is 3.43. The van der Waals surface area contributed by atoms with Gasteiger partial charge < -0.3 is 20.1 Å². The van der Waals surface area contributed by atoms with Gasteiger partial charge in [0.15, 0.2) is 0 Å². The molecule has 2 N–H and O–H groups in total. The van der Waals surface area contributed by atoms with E-state index < -0.39 is 0 Å². The van der Waals surface area contributed by atoms with Crippen LogP contribution in [0.15, 0.2) is 42.6 Å². The molecule has 0 saturated heterocycles. The minimum atomic E-state index is -0.205. The number of hydrogen-bond acceptors (Lipinski definition) is 4. The molecule has 3 rings (SSSR count). The first-order valence-corrected chi connectivity index (χ1v) is 9.88. The Balaban J connectivity index is 1.50. The van der Waals surface area contributed by atoms with Crippen molar-refractivity contribution >= 4 is 6.03 Å². The Labute approximate surface area is 166 Å². The van der Waals surface area contributed by atoms with Crippen LogP contribution in [0.1, 0.15) is 43.7 Å². The maximum absolute atomic E-state index is 12.4. The Morgan fingerprint density at radius 2 is 2.00 bits per heavy atom. The number of carbonyl (C=O) groups excluding carboxylic acids is 1. The number of hydrogen-bond donors (Lipinski definition) is 2. The molecular weight excluding hydrogens is 354 g/mol. The largest absolute Gasteiger partial charge is 0.508 e. The number of amides is 2. The van der Waals surface area contributed by atoms with Crippen LogP contribution in [0.5, 0.6) is 11.6 Å². The fraction of sp³-hybridized carbons (Fsp3) is 0.455. The number of nitrogens with zero attached hydrogens (tertiary/aromatic N) is 2. The minimum Gasteiger partial charge on any atom is -0.508 e. The maximum Gasteiger partial charge on any atom is 0.317 e. The van der Waals surface area contributed by atoms with Gasteiger partial charge in [-0.1, -0.05) is 25.1 Å². The zero-order chi connectivity index (χ0) is 19.9. The molecule has 28 heavy (non-hydrogen) atoms. The van der Waals surface area contributed by atoms with Crippen LogP contribution in [0.2, 0.25) is 0 Å². The molecule has 1 saturated carbocycles. The SMILES string of the molecule is CC1CCC(Oc2cc(CNC(=O)N(C)Cc3ccccc3O)ccn2)CC1. The summed E-state index contributed by atoms with van der Waals surface area (Å²) < 4.78 is 6.03. The number of nitrogens with one attached hydrogen (secondary N) is 1. The molecular formula is C22H29N3O3. The molecule has 0 spiro atoms. The van der Waals surface area contributed by atoms with Crippen molar-refractivity contribution in [1.82, 2.24) is 15.2 Å². The molecule has 2 aromatic rings. The van der Waals surface area contributed by atoms with Crippen LogP contribution in [0.4, 0.5) is 4.79 Å². The minimum absolute atomic E-state index is 0.190. The number of urea groups is 1. The first-order chi connectivity index (χ1) is 13.5. The third-order valence-corrected chi connectivity index (χ3v) is 5.24. The summed E-state index contributed by atoms with van der Waals surface area (Å²) in [6, 6.07) is 10.6. The summed E-state index contributed by atoms with van der Waals surface area (Å²) in [4.78, 5) is 18.2. The molecule has 0 unspecified atom stereocenters. The predicted molar refractivity (Wildman–Crippen MR) is 108 cm³/mol. The monoisotopic (exact) mass is 383 g/mol. The Bertz CT molecular complexity index is 788. The molecule has 0 atom stereocenters. The van der Waals surface area contributed by atoms with Gasteiger partial charge in [-0.25, -0.2) is 9.78 Å². The van der Waals surface area contributed by atoms with E-state index in [0.717, 1.165) is 24.3 Å². The van der Waals surface area contributed by atoms with Crippen LogP contribution in [0.3, 0.4) is 0 Å². The van der Waals surface area contributed by atoms with Crippen LogP contribution in [0.25, 0.3) is 0 Å². The second-order valence-electron chi connectivity index (χ2n) is 7.65. The van der Waals surface area contributed by atoms with E-state index in [-0.39, 0.29) is 17.9 Å². The first-order valence-electron chi connectivity index (χ1n) is 9.88. The number of para-hydroxylation sites is 1. The van der Waals surface area contributed by atoms with E-state index in [0.29, 0.717) is 24.5 Å². The number of phenols is 1. The average molecular weight is 383 g/mol. The van der Waals surface area contributed by atoms with Gasteiger partial charge in [0.2, 0.25) is 5.88 Å². The molecule has 0 aliphatic heterocycles. The Morgan fingerprint density at radius 1 is 1.25 bits per heavy atom. The van der Waals surface area contributed by atoms with Crippen molar-refractivity contribution in [3.63, 3.8) is 0 Å². The van der Waals surface area contributed by atoms with Gasteiger partial charge >= 0.3 is 6.03 Å².